The van der Waals surface area contributed by atoms with Crippen molar-refractivity contribution in [1.82, 2.24) is 0 Å². The van der Waals surface area contributed by atoms with Gasteiger partial charge < -0.3 is 16.7 Å². The molecule has 0 aromatic heterocycles. The molecule has 0 saturated carbocycles. The third kappa shape index (κ3) is 8.95. The topological polar surface area (TPSA) is 87.5 Å². The minimum absolute atomic E-state index is 0. The summed E-state index contributed by atoms with van der Waals surface area (Å²) < 4.78 is 0. The standard InChI is InChI=1S/CH5N3O.Na/c2-1(3)4-5;/h5H,(H4,2,3,4);/q;+1/p-1. The summed E-state index contributed by atoms with van der Waals surface area (Å²) in [4.78, 5) is 0. The Morgan fingerprint density at radius 3 is 1.67 bits per heavy atom. The van der Waals surface area contributed by atoms with E-state index in [1.165, 1.54) is 0 Å². The monoisotopic (exact) mass is 97.0 g/mol. The molecule has 0 fully saturated rings. The molecule has 5 heteroatoms. The van der Waals surface area contributed by atoms with Gasteiger partial charge >= 0.3 is 29.6 Å². The van der Waals surface area contributed by atoms with Gasteiger partial charge in [0.25, 0.3) is 0 Å². The average molecular weight is 97.1 g/mol. The van der Waals surface area contributed by atoms with Crippen molar-refractivity contribution in [3.8, 4) is 0 Å². The Balaban J connectivity index is 0. The van der Waals surface area contributed by atoms with Gasteiger partial charge in [0.15, 0.2) is 5.96 Å². The summed E-state index contributed by atoms with van der Waals surface area (Å²) in [6, 6.07) is 0. The second-order valence-corrected chi connectivity index (χ2v) is 0.516. The molecule has 0 unspecified atom stereocenters. The van der Waals surface area contributed by atoms with Crippen LogP contribution in [0.5, 0.6) is 0 Å². The molecule has 0 aromatic rings. The number of rotatable bonds is 0. The quantitative estimate of drug-likeness (QED) is 0.139. The van der Waals surface area contributed by atoms with Crippen LogP contribution in [0, 0.1) is 5.21 Å². The SMILES string of the molecule is NC(N)=N[O-].[Na+]. The minimum atomic E-state index is -0.426. The number of hydrogen-bond acceptors (Lipinski definition) is 2. The van der Waals surface area contributed by atoms with E-state index in [4.69, 9.17) is 5.21 Å². The molecular weight excluding hydrogens is 93.0 g/mol. The number of guanidine groups is 1. The third-order valence-corrected chi connectivity index (χ3v) is 0.105. The van der Waals surface area contributed by atoms with Crippen molar-refractivity contribution < 1.29 is 29.6 Å². The van der Waals surface area contributed by atoms with Crippen LogP contribution in [0.1, 0.15) is 0 Å². The summed E-state index contributed by atoms with van der Waals surface area (Å²) in [5.74, 6) is -0.426. The summed E-state index contributed by atoms with van der Waals surface area (Å²) in [5, 5.41) is 11.1. The first-order chi connectivity index (χ1) is 2.27. The molecule has 0 heterocycles. The molecule has 4 nitrogen and oxygen atoms in total. The van der Waals surface area contributed by atoms with Crippen LogP contribution in [0.3, 0.4) is 0 Å². The Hall–Kier alpha value is 0.0700. The Kier molecular flexibility index (Phi) is 7.96. The number of nitrogens with zero attached hydrogens (tertiary/aromatic N) is 1. The fourth-order valence-electron chi connectivity index (χ4n) is 0. The third-order valence-electron chi connectivity index (χ3n) is 0.105. The smallest absolute Gasteiger partial charge is 0.789 e. The van der Waals surface area contributed by atoms with Gasteiger partial charge in [-0.25, -0.2) is 0 Å². The van der Waals surface area contributed by atoms with E-state index in [0.717, 1.165) is 0 Å². The molecule has 0 amide bonds. The largest absolute Gasteiger partial charge is 1.00 e. The van der Waals surface area contributed by atoms with Crippen molar-refractivity contribution in [2.24, 2.45) is 16.6 Å². The molecule has 0 aliphatic rings. The summed E-state index contributed by atoms with van der Waals surface area (Å²) in [6.07, 6.45) is 0. The predicted octanol–water partition coefficient (Wildman–Crippen LogP) is -4.24. The van der Waals surface area contributed by atoms with Crippen molar-refractivity contribution in [3.63, 3.8) is 0 Å². The van der Waals surface area contributed by atoms with Gasteiger partial charge in [-0.15, -0.1) is 0 Å². The zero-order valence-electron chi connectivity index (χ0n) is 3.51. The fourth-order valence-corrected chi connectivity index (χ4v) is 0. The van der Waals surface area contributed by atoms with Crippen LogP contribution in [0.25, 0.3) is 0 Å². The molecule has 0 aliphatic carbocycles. The first-order valence-electron chi connectivity index (χ1n) is 0.984. The van der Waals surface area contributed by atoms with E-state index >= 15 is 0 Å². The summed E-state index contributed by atoms with van der Waals surface area (Å²) in [6.45, 7) is 0. The van der Waals surface area contributed by atoms with Crippen molar-refractivity contribution in [2.45, 2.75) is 0 Å². The van der Waals surface area contributed by atoms with Gasteiger partial charge in [-0.3, -0.25) is 5.16 Å². The summed E-state index contributed by atoms with van der Waals surface area (Å²) in [7, 11) is 0. The molecule has 30 valence electrons. The molecule has 0 spiro atoms. The van der Waals surface area contributed by atoms with Crippen LogP contribution in [0.4, 0.5) is 0 Å². The zero-order chi connectivity index (χ0) is 4.28. The Morgan fingerprint density at radius 1 is 1.50 bits per heavy atom. The Labute approximate surface area is 57.5 Å². The van der Waals surface area contributed by atoms with Crippen molar-refractivity contribution >= 4 is 5.96 Å². The van der Waals surface area contributed by atoms with E-state index < -0.39 is 5.96 Å². The predicted molar refractivity (Wildman–Crippen MR) is 19.2 cm³/mol. The van der Waals surface area contributed by atoms with Gasteiger partial charge in [-0.05, 0) is 0 Å². The molecule has 0 aliphatic heterocycles. The van der Waals surface area contributed by atoms with Crippen molar-refractivity contribution in [3.05, 3.63) is 5.21 Å². The van der Waals surface area contributed by atoms with Crippen LogP contribution in [-0.2, 0) is 0 Å². The number of hydrogen-bond donors (Lipinski definition) is 2. The van der Waals surface area contributed by atoms with Gasteiger partial charge in [0, 0.05) is 0 Å². The molecule has 0 saturated heterocycles. The van der Waals surface area contributed by atoms with Gasteiger partial charge in [0.1, 0.15) is 0 Å². The maximum atomic E-state index is 8.97. The molecule has 0 bridgehead atoms. The van der Waals surface area contributed by atoms with E-state index in [2.05, 4.69) is 16.6 Å². The van der Waals surface area contributed by atoms with E-state index in [1.54, 1.807) is 0 Å². The molecule has 4 N–H and O–H groups in total. The molecule has 0 atom stereocenters. The van der Waals surface area contributed by atoms with E-state index in [1.807, 2.05) is 0 Å². The van der Waals surface area contributed by atoms with Crippen molar-refractivity contribution in [2.75, 3.05) is 0 Å². The Morgan fingerprint density at radius 2 is 1.67 bits per heavy atom. The van der Waals surface area contributed by atoms with Gasteiger partial charge in [-0.1, -0.05) is 0 Å². The summed E-state index contributed by atoms with van der Waals surface area (Å²) >= 11 is 0. The van der Waals surface area contributed by atoms with Gasteiger partial charge in [0.2, 0.25) is 0 Å². The second-order valence-electron chi connectivity index (χ2n) is 0.516. The molecule has 6 heavy (non-hydrogen) atoms. The molecular formula is CH4N3NaO. The van der Waals surface area contributed by atoms with E-state index in [-0.39, 0.29) is 29.6 Å². The summed E-state index contributed by atoms with van der Waals surface area (Å²) in [5.41, 5.74) is 9.01. The van der Waals surface area contributed by atoms with E-state index in [0.29, 0.717) is 0 Å². The van der Waals surface area contributed by atoms with Gasteiger partial charge in [-0.2, -0.15) is 0 Å². The average Bonchev–Trinajstić information content (AvgIpc) is 1.38. The first kappa shape index (κ1) is 9.42. The molecule has 0 radical (unpaired) electrons. The van der Waals surface area contributed by atoms with Crippen molar-refractivity contribution in [1.29, 1.82) is 0 Å². The van der Waals surface area contributed by atoms with Crippen LogP contribution >= 0.6 is 0 Å². The molecule has 0 aromatic carbocycles. The van der Waals surface area contributed by atoms with Crippen LogP contribution < -0.4 is 41.0 Å². The normalized spacial score (nSPS) is 5.33. The maximum absolute atomic E-state index is 8.97. The first-order valence-corrected chi connectivity index (χ1v) is 0.984. The van der Waals surface area contributed by atoms with Crippen LogP contribution in [-0.4, -0.2) is 5.96 Å². The van der Waals surface area contributed by atoms with Gasteiger partial charge in [0.05, 0.1) is 0 Å². The fraction of sp³-hybridized carbons (Fsp3) is 0. The van der Waals surface area contributed by atoms with E-state index in [9.17, 15) is 0 Å². The van der Waals surface area contributed by atoms with Crippen LogP contribution in [0.2, 0.25) is 0 Å². The second kappa shape index (κ2) is 5.07. The maximum Gasteiger partial charge on any atom is 1.00 e. The molecule has 0 rings (SSSR count). The number of nitrogens with two attached hydrogens (primary N) is 2. The zero-order valence-corrected chi connectivity index (χ0v) is 5.51. The minimum Gasteiger partial charge on any atom is -0.789 e. The van der Waals surface area contributed by atoms with Crippen LogP contribution in [0.15, 0.2) is 5.16 Å². The Bertz CT molecular complexity index is 48.8.